The molecule has 1 atom stereocenters. The lowest BCUT2D eigenvalue weighted by Crippen LogP contribution is -2.28. The van der Waals surface area contributed by atoms with Crippen LogP contribution in [-0.2, 0) is 17.1 Å². The summed E-state index contributed by atoms with van der Waals surface area (Å²) in [5.74, 6) is 2.81. The predicted molar refractivity (Wildman–Crippen MR) is 131 cm³/mol. The lowest BCUT2D eigenvalue weighted by atomic mass is 10.1. The van der Waals surface area contributed by atoms with Gasteiger partial charge in [0.15, 0.2) is 0 Å². The molecular weight excluding hydrogens is 464 g/mol. The molecular formula is C24H23ClN2O3S2. The van der Waals surface area contributed by atoms with Crippen molar-refractivity contribution in [2.45, 2.75) is 17.7 Å². The van der Waals surface area contributed by atoms with Crippen LogP contribution in [-0.4, -0.2) is 34.8 Å². The van der Waals surface area contributed by atoms with Crippen molar-refractivity contribution in [3.05, 3.63) is 94.4 Å². The summed E-state index contributed by atoms with van der Waals surface area (Å²) >= 11 is 9.49. The first-order valence-electron chi connectivity index (χ1n) is 10.2. The van der Waals surface area contributed by atoms with Gasteiger partial charge in [-0.2, -0.15) is 11.8 Å². The van der Waals surface area contributed by atoms with Crippen molar-refractivity contribution in [2.24, 2.45) is 0 Å². The topological polar surface area (TPSA) is 62.6 Å². The van der Waals surface area contributed by atoms with E-state index in [0.717, 1.165) is 33.4 Å². The van der Waals surface area contributed by atoms with Crippen LogP contribution < -0.4 is 5.32 Å². The van der Waals surface area contributed by atoms with E-state index < -0.39 is 0 Å². The molecule has 0 saturated carbocycles. The van der Waals surface area contributed by atoms with Crippen LogP contribution in [0.2, 0.25) is 5.02 Å². The Labute approximate surface area is 200 Å². The number of amides is 2. The highest BCUT2D eigenvalue weighted by molar-refractivity contribution is 8.00. The van der Waals surface area contributed by atoms with Crippen LogP contribution in [0.4, 0.5) is 0 Å². The second-order valence-corrected chi connectivity index (χ2v) is 9.87. The molecule has 1 aromatic heterocycles. The second-order valence-electron chi connectivity index (χ2n) is 7.29. The van der Waals surface area contributed by atoms with E-state index in [9.17, 15) is 9.59 Å². The van der Waals surface area contributed by atoms with Gasteiger partial charge in [0.1, 0.15) is 11.1 Å². The standard InChI is InChI=1S/C24H23ClN2O3S2/c25-21-6-2-1-4-19(21)15-31-13-11-26-23(29)17-7-9-18(10-8-17)24-27(22(28)16-32-24)14-20-5-3-12-30-20/h1-10,12,24H,11,13-16H2,(H,26,29)/t24-/m0/s1. The number of carbonyl (C=O) groups excluding carboxylic acids is 2. The Bertz CT molecular complexity index is 1060. The molecule has 166 valence electrons. The molecule has 32 heavy (non-hydrogen) atoms. The molecule has 0 radical (unpaired) electrons. The van der Waals surface area contributed by atoms with Gasteiger partial charge in [-0.1, -0.05) is 41.9 Å². The molecule has 1 N–H and O–H groups in total. The van der Waals surface area contributed by atoms with Crippen molar-refractivity contribution >= 4 is 46.9 Å². The van der Waals surface area contributed by atoms with Gasteiger partial charge in [-0.15, -0.1) is 11.8 Å². The van der Waals surface area contributed by atoms with Crippen molar-refractivity contribution in [2.75, 3.05) is 18.1 Å². The maximum atomic E-state index is 12.5. The van der Waals surface area contributed by atoms with Crippen molar-refractivity contribution in [3.63, 3.8) is 0 Å². The Balaban J connectivity index is 1.27. The normalized spacial score (nSPS) is 15.8. The molecule has 0 unspecified atom stereocenters. The average Bonchev–Trinajstić information content (AvgIpc) is 3.45. The van der Waals surface area contributed by atoms with E-state index >= 15 is 0 Å². The molecule has 8 heteroatoms. The first-order valence-corrected chi connectivity index (χ1v) is 12.8. The van der Waals surface area contributed by atoms with E-state index in [1.807, 2.05) is 65.6 Å². The highest BCUT2D eigenvalue weighted by atomic mass is 35.5. The fraction of sp³-hybridized carbons (Fsp3) is 0.250. The Morgan fingerprint density at radius 3 is 2.72 bits per heavy atom. The molecule has 4 rings (SSSR count). The molecule has 1 saturated heterocycles. The molecule has 3 aromatic rings. The monoisotopic (exact) mass is 486 g/mol. The van der Waals surface area contributed by atoms with Crippen LogP contribution in [0.1, 0.15) is 32.6 Å². The van der Waals surface area contributed by atoms with Crippen LogP contribution in [0, 0.1) is 0 Å². The summed E-state index contributed by atoms with van der Waals surface area (Å²) in [5.41, 5.74) is 2.71. The van der Waals surface area contributed by atoms with Crippen LogP contribution in [0.5, 0.6) is 0 Å². The van der Waals surface area contributed by atoms with Gasteiger partial charge in [-0.3, -0.25) is 9.59 Å². The Kier molecular flexibility index (Phi) is 7.84. The minimum Gasteiger partial charge on any atom is -0.467 e. The van der Waals surface area contributed by atoms with Gasteiger partial charge in [-0.25, -0.2) is 0 Å². The molecule has 2 aromatic carbocycles. The van der Waals surface area contributed by atoms with E-state index in [1.165, 1.54) is 0 Å². The quantitative estimate of drug-likeness (QED) is 0.412. The van der Waals surface area contributed by atoms with Crippen molar-refractivity contribution in [1.29, 1.82) is 0 Å². The van der Waals surface area contributed by atoms with Gasteiger partial charge in [0, 0.05) is 28.6 Å². The largest absolute Gasteiger partial charge is 0.467 e. The van der Waals surface area contributed by atoms with Gasteiger partial charge in [0.05, 0.1) is 18.6 Å². The summed E-state index contributed by atoms with van der Waals surface area (Å²) in [6.45, 7) is 1.03. The summed E-state index contributed by atoms with van der Waals surface area (Å²) < 4.78 is 5.40. The molecule has 1 aliphatic heterocycles. The van der Waals surface area contributed by atoms with E-state index in [1.54, 1.807) is 29.8 Å². The third kappa shape index (κ3) is 5.71. The maximum absolute atomic E-state index is 12.5. The Morgan fingerprint density at radius 1 is 1.16 bits per heavy atom. The fourth-order valence-corrected chi connectivity index (χ4v) is 5.74. The van der Waals surface area contributed by atoms with Crippen molar-refractivity contribution in [3.8, 4) is 0 Å². The minimum atomic E-state index is -0.0995. The number of furan rings is 1. The zero-order valence-corrected chi connectivity index (χ0v) is 19.7. The van der Waals surface area contributed by atoms with Gasteiger partial charge in [0.25, 0.3) is 5.91 Å². The maximum Gasteiger partial charge on any atom is 0.251 e. The number of benzene rings is 2. The number of carbonyl (C=O) groups is 2. The molecule has 5 nitrogen and oxygen atoms in total. The lowest BCUT2D eigenvalue weighted by Gasteiger charge is -2.23. The van der Waals surface area contributed by atoms with Crippen LogP contribution in [0.3, 0.4) is 0 Å². The third-order valence-electron chi connectivity index (χ3n) is 5.08. The molecule has 0 spiro atoms. The number of hydrogen-bond donors (Lipinski definition) is 1. The fourth-order valence-electron chi connectivity index (χ4n) is 3.41. The molecule has 0 aliphatic carbocycles. The van der Waals surface area contributed by atoms with E-state index in [-0.39, 0.29) is 17.2 Å². The number of nitrogens with one attached hydrogen (secondary N) is 1. The summed E-state index contributed by atoms with van der Waals surface area (Å²) in [7, 11) is 0. The molecule has 2 heterocycles. The van der Waals surface area contributed by atoms with Gasteiger partial charge in [-0.05, 0) is 41.5 Å². The van der Waals surface area contributed by atoms with Gasteiger partial charge in [0.2, 0.25) is 5.91 Å². The molecule has 1 fully saturated rings. The zero-order chi connectivity index (χ0) is 22.3. The Morgan fingerprint density at radius 2 is 1.97 bits per heavy atom. The first kappa shape index (κ1) is 22.8. The number of rotatable bonds is 9. The number of halogens is 1. The van der Waals surface area contributed by atoms with Crippen LogP contribution in [0.25, 0.3) is 0 Å². The smallest absolute Gasteiger partial charge is 0.251 e. The summed E-state index contributed by atoms with van der Waals surface area (Å²) in [6, 6.07) is 19.0. The summed E-state index contributed by atoms with van der Waals surface area (Å²) in [6.07, 6.45) is 1.61. The number of hydrogen-bond acceptors (Lipinski definition) is 5. The van der Waals surface area contributed by atoms with E-state index in [2.05, 4.69) is 5.32 Å². The average molecular weight is 487 g/mol. The summed E-state index contributed by atoms with van der Waals surface area (Å²) in [4.78, 5) is 26.6. The number of nitrogens with zero attached hydrogens (tertiary/aromatic N) is 1. The second kappa shape index (κ2) is 11.0. The SMILES string of the molecule is O=C(NCCSCc1ccccc1Cl)c1ccc([C@@H]2SCC(=O)N2Cc2ccco2)cc1. The molecule has 1 aliphatic rings. The van der Waals surface area contributed by atoms with Crippen LogP contribution >= 0.6 is 35.1 Å². The summed E-state index contributed by atoms with van der Waals surface area (Å²) in [5, 5.41) is 3.65. The van der Waals surface area contributed by atoms with E-state index in [0.29, 0.717) is 24.4 Å². The minimum absolute atomic E-state index is 0.0779. The molecule has 2 amide bonds. The highest BCUT2D eigenvalue weighted by Crippen LogP contribution is 2.39. The van der Waals surface area contributed by atoms with Crippen molar-refractivity contribution in [1.82, 2.24) is 10.2 Å². The highest BCUT2D eigenvalue weighted by Gasteiger charge is 2.33. The predicted octanol–water partition coefficient (Wildman–Crippen LogP) is 5.37. The molecule has 0 bridgehead atoms. The van der Waals surface area contributed by atoms with E-state index in [4.69, 9.17) is 16.0 Å². The third-order valence-corrected chi connectivity index (χ3v) is 7.71. The van der Waals surface area contributed by atoms with Gasteiger partial charge < -0.3 is 14.6 Å². The van der Waals surface area contributed by atoms with Crippen molar-refractivity contribution < 1.29 is 14.0 Å². The van der Waals surface area contributed by atoms with Gasteiger partial charge >= 0.3 is 0 Å². The first-order chi connectivity index (χ1) is 15.6. The van der Waals surface area contributed by atoms with Crippen LogP contribution in [0.15, 0.2) is 71.3 Å². The number of thioether (sulfide) groups is 2. The zero-order valence-electron chi connectivity index (χ0n) is 17.3. The Hall–Kier alpha value is -2.35. The lowest BCUT2D eigenvalue weighted by molar-refractivity contribution is -0.128.